The van der Waals surface area contributed by atoms with E-state index in [-0.39, 0.29) is 15.7 Å². The van der Waals surface area contributed by atoms with Gasteiger partial charge < -0.3 is 15.2 Å². The van der Waals surface area contributed by atoms with Crippen LogP contribution in [0.3, 0.4) is 0 Å². The maximum atomic E-state index is 14.1. The molecule has 2 N–H and O–H groups in total. The number of carboxylic acids is 1. The molecule has 4 nitrogen and oxygen atoms in total. The number of nitrogens with one attached hydrogen (secondary N) is 1. The molecule has 0 aliphatic rings. The van der Waals surface area contributed by atoms with Crippen molar-refractivity contribution in [2.24, 2.45) is 0 Å². The molecule has 110 valence electrons. The summed E-state index contributed by atoms with van der Waals surface area (Å²) >= 11 is 2.96. The fourth-order valence-corrected chi connectivity index (χ4v) is 2.31. The van der Waals surface area contributed by atoms with E-state index in [4.69, 9.17) is 9.84 Å². The molecule has 0 radical (unpaired) electrons. The molecule has 0 aromatic heterocycles. The number of rotatable bonds is 5. The Kier molecular flexibility index (Phi) is 4.80. The largest absolute Gasteiger partial charge is 0.497 e. The molecule has 0 bridgehead atoms. The first-order valence-electron chi connectivity index (χ1n) is 6.11. The molecule has 0 spiro atoms. The second kappa shape index (κ2) is 6.58. The molecule has 0 aliphatic heterocycles. The zero-order valence-electron chi connectivity index (χ0n) is 11.2. The van der Waals surface area contributed by atoms with Gasteiger partial charge in [0.2, 0.25) is 0 Å². The van der Waals surface area contributed by atoms with Gasteiger partial charge in [0.1, 0.15) is 5.75 Å². The number of methoxy groups -OCH3 is 1. The number of anilines is 1. The zero-order valence-corrected chi connectivity index (χ0v) is 12.8. The fraction of sp³-hybridized carbons (Fsp3) is 0.133. The van der Waals surface area contributed by atoms with Gasteiger partial charge in [-0.15, -0.1) is 0 Å². The average molecular weight is 354 g/mol. The van der Waals surface area contributed by atoms with Crippen LogP contribution in [0.5, 0.6) is 5.75 Å². The summed E-state index contributed by atoms with van der Waals surface area (Å²) in [6.07, 6.45) is 0. The quantitative estimate of drug-likeness (QED) is 0.855. The lowest BCUT2D eigenvalue weighted by molar-refractivity contribution is 0.0695. The van der Waals surface area contributed by atoms with E-state index in [9.17, 15) is 9.18 Å². The molecule has 0 fully saturated rings. The van der Waals surface area contributed by atoms with E-state index in [2.05, 4.69) is 21.2 Å². The number of halogens is 2. The summed E-state index contributed by atoms with van der Waals surface area (Å²) < 4.78 is 19.1. The Morgan fingerprint density at radius 2 is 1.95 bits per heavy atom. The second-order valence-corrected chi connectivity index (χ2v) is 5.09. The highest BCUT2D eigenvalue weighted by molar-refractivity contribution is 9.10. The summed E-state index contributed by atoms with van der Waals surface area (Å²) in [4.78, 5) is 10.9. The summed E-state index contributed by atoms with van der Waals surface area (Å²) in [5.41, 5.74) is 1.08. The minimum absolute atomic E-state index is 0.0604. The van der Waals surface area contributed by atoms with E-state index in [0.717, 1.165) is 11.3 Å². The molecule has 6 heteroatoms. The van der Waals surface area contributed by atoms with Crippen LogP contribution in [-0.2, 0) is 6.54 Å². The van der Waals surface area contributed by atoms with Crippen LogP contribution in [-0.4, -0.2) is 18.2 Å². The molecule has 0 unspecified atom stereocenters. The molecular formula is C15H13BrFNO3. The first-order chi connectivity index (χ1) is 10.0. The van der Waals surface area contributed by atoms with Gasteiger partial charge in [-0.3, -0.25) is 0 Å². The third kappa shape index (κ3) is 3.52. The molecule has 0 heterocycles. The Labute approximate surface area is 129 Å². The molecule has 2 aromatic carbocycles. The molecule has 21 heavy (non-hydrogen) atoms. The maximum absolute atomic E-state index is 14.1. The highest BCUT2D eigenvalue weighted by atomic mass is 79.9. The molecule has 0 amide bonds. The number of ether oxygens (including phenoxy) is 1. The molecule has 2 rings (SSSR count). The predicted octanol–water partition coefficient (Wildman–Crippen LogP) is 3.91. The van der Waals surface area contributed by atoms with Gasteiger partial charge in [-0.1, -0.05) is 12.1 Å². The summed E-state index contributed by atoms with van der Waals surface area (Å²) in [5, 5.41) is 11.8. The lowest BCUT2D eigenvalue weighted by atomic mass is 10.1. The molecule has 0 aliphatic carbocycles. The van der Waals surface area contributed by atoms with Gasteiger partial charge in [-0.2, -0.15) is 0 Å². The Hall–Kier alpha value is -2.08. The van der Waals surface area contributed by atoms with E-state index in [1.54, 1.807) is 7.11 Å². The molecular weight excluding hydrogens is 341 g/mol. The Morgan fingerprint density at radius 1 is 1.29 bits per heavy atom. The molecule has 2 aromatic rings. The maximum Gasteiger partial charge on any atom is 0.336 e. The minimum atomic E-state index is -1.18. The van der Waals surface area contributed by atoms with Crippen molar-refractivity contribution in [3.63, 3.8) is 0 Å². The fourth-order valence-electron chi connectivity index (χ4n) is 1.79. The van der Waals surface area contributed by atoms with Crippen molar-refractivity contribution in [3.8, 4) is 5.75 Å². The lowest BCUT2D eigenvalue weighted by Crippen LogP contribution is -2.05. The van der Waals surface area contributed by atoms with Gasteiger partial charge in [-0.05, 0) is 45.8 Å². The van der Waals surface area contributed by atoms with Crippen LogP contribution in [0.15, 0.2) is 40.9 Å². The van der Waals surface area contributed by atoms with Gasteiger partial charge >= 0.3 is 5.97 Å². The highest BCUT2D eigenvalue weighted by Gasteiger charge is 2.15. The molecule has 0 saturated heterocycles. The van der Waals surface area contributed by atoms with E-state index in [0.29, 0.717) is 6.54 Å². The predicted molar refractivity (Wildman–Crippen MR) is 81.4 cm³/mol. The normalized spacial score (nSPS) is 10.2. The monoisotopic (exact) mass is 353 g/mol. The van der Waals surface area contributed by atoms with Crippen molar-refractivity contribution < 1.29 is 19.0 Å². The number of carbonyl (C=O) groups is 1. The topological polar surface area (TPSA) is 58.6 Å². The first-order valence-corrected chi connectivity index (χ1v) is 6.90. The van der Waals surface area contributed by atoms with Gasteiger partial charge in [0.15, 0.2) is 5.82 Å². The number of benzene rings is 2. The third-order valence-corrected chi connectivity index (χ3v) is 3.73. The first kappa shape index (κ1) is 15.3. The third-order valence-electron chi connectivity index (χ3n) is 2.95. The standard InChI is InChI=1S/C15H13BrFNO3/c1-21-10-4-2-9(3-5-10)8-18-12-7-6-11(15(19)20)13(16)14(12)17/h2-7,18H,8H2,1H3,(H,19,20). The number of hydrogen-bond acceptors (Lipinski definition) is 3. The van der Waals surface area contributed by atoms with Crippen molar-refractivity contribution >= 4 is 27.6 Å². The highest BCUT2D eigenvalue weighted by Crippen LogP contribution is 2.27. The number of hydrogen-bond donors (Lipinski definition) is 2. The SMILES string of the molecule is COc1ccc(CNc2ccc(C(=O)O)c(Br)c2F)cc1. The Morgan fingerprint density at radius 3 is 2.52 bits per heavy atom. The molecule has 0 atom stereocenters. The summed E-state index contributed by atoms with van der Waals surface area (Å²) in [6.45, 7) is 0.416. The summed E-state index contributed by atoms with van der Waals surface area (Å²) in [5.74, 6) is -1.05. The zero-order chi connectivity index (χ0) is 15.4. The lowest BCUT2D eigenvalue weighted by Gasteiger charge is -2.10. The van der Waals surface area contributed by atoms with Crippen LogP contribution in [0.4, 0.5) is 10.1 Å². The van der Waals surface area contributed by atoms with E-state index < -0.39 is 11.8 Å². The van der Waals surface area contributed by atoms with Gasteiger partial charge in [-0.25, -0.2) is 9.18 Å². The van der Waals surface area contributed by atoms with Crippen LogP contribution >= 0.6 is 15.9 Å². The number of carboxylic acid groups (broad SMARTS) is 1. The van der Waals surface area contributed by atoms with Crippen molar-refractivity contribution in [1.29, 1.82) is 0 Å². The second-order valence-electron chi connectivity index (χ2n) is 4.30. The Bertz CT molecular complexity index is 659. The van der Waals surface area contributed by atoms with E-state index in [1.165, 1.54) is 12.1 Å². The van der Waals surface area contributed by atoms with Crippen LogP contribution < -0.4 is 10.1 Å². The van der Waals surface area contributed by atoms with E-state index in [1.807, 2.05) is 24.3 Å². The average Bonchev–Trinajstić information content (AvgIpc) is 2.49. The van der Waals surface area contributed by atoms with Crippen LogP contribution in [0, 0.1) is 5.82 Å². The van der Waals surface area contributed by atoms with Gasteiger partial charge in [0.05, 0.1) is 22.8 Å². The summed E-state index contributed by atoms with van der Waals surface area (Å²) in [7, 11) is 1.59. The van der Waals surface area contributed by atoms with Crippen molar-refractivity contribution in [3.05, 3.63) is 57.8 Å². The number of aromatic carboxylic acids is 1. The van der Waals surface area contributed by atoms with Crippen molar-refractivity contribution in [1.82, 2.24) is 0 Å². The van der Waals surface area contributed by atoms with E-state index >= 15 is 0 Å². The van der Waals surface area contributed by atoms with Crippen molar-refractivity contribution in [2.75, 3.05) is 12.4 Å². The molecule has 0 saturated carbocycles. The van der Waals surface area contributed by atoms with Crippen LogP contribution in [0.25, 0.3) is 0 Å². The van der Waals surface area contributed by atoms with Crippen molar-refractivity contribution in [2.45, 2.75) is 6.54 Å². The smallest absolute Gasteiger partial charge is 0.336 e. The van der Waals surface area contributed by atoms with Gasteiger partial charge in [0, 0.05) is 6.54 Å². The Balaban J connectivity index is 2.12. The van der Waals surface area contributed by atoms with Crippen LogP contribution in [0.2, 0.25) is 0 Å². The minimum Gasteiger partial charge on any atom is -0.497 e. The van der Waals surface area contributed by atoms with Crippen LogP contribution in [0.1, 0.15) is 15.9 Å². The summed E-state index contributed by atoms with van der Waals surface area (Å²) in [6, 6.07) is 10.1. The van der Waals surface area contributed by atoms with Gasteiger partial charge in [0.25, 0.3) is 0 Å².